The van der Waals surface area contributed by atoms with Gasteiger partial charge in [-0.25, -0.2) is 0 Å². The third kappa shape index (κ3) is 3.19. The lowest BCUT2D eigenvalue weighted by Crippen LogP contribution is -2.37. The van der Waals surface area contributed by atoms with E-state index in [0.29, 0.717) is 0 Å². The molecule has 1 unspecified atom stereocenters. The van der Waals surface area contributed by atoms with Crippen molar-refractivity contribution in [3.05, 3.63) is 65.7 Å². The standard InChI is InChI=1S/C21H26O/c1-2-3-4-10-16-21(19-12-6-5-7-13-19)17-15-18-11-8-9-14-20(18)22-21/h5-9,11-14H,2-4,10,15-17H2,1H3. The van der Waals surface area contributed by atoms with Crippen LogP contribution in [0.4, 0.5) is 0 Å². The first-order valence-electron chi connectivity index (χ1n) is 8.66. The third-order valence-electron chi connectivity index (χ3n) is 4.81. The average molecular weight is 294 g/mol. The van der Waals surface area contributed by atoms with Gasteiger partial charge in [0.05, 0.1) is 0 Å². The highest BCUT2D eigenvalue weighted by Gasteiger charge is 2.37. The first-order valence-corrected chi connectivity index (χ1v) is 8.66. The van der Waals surface area contributed by atoms with Gasteiger partial charge in [-0.05, 0) is 42.9 Å². The molecule has 1 nitrogen and oxygen atoms in total. The van der Waals surface area contributed by atoms with Gasteiger partial charge in [0.2, 0.25) is 0 Å². The highest BCUT2D eigenvalue weighted by Crippen LogP contribution is 2.42. The number of para-hydroxylation sites is 1. The molecule has 0 spiro atoms. The van der Waals surface area contributed by atoms with Gasteiger partial charge < -0.3 is 4.74 Å². The first kappa shape index (κ1) is 15.1. The monoisotopic (exact) mass is 294 g/mol. The van der Waals surface area contributed by atoms with Crippen LogP contribution in [0.1, 0.15) is 56.6 Å². The van der Waals surface area contributed by atoms with Crippen molar-refractivity contribution in [3.8, 4) is 5.75 Å². The number of fused-ring (bicyclic) bond motifs is 1. The maximum absolute atomic E-state index is 6.59. The zero-order chi connectivity index (χ0) is 15.3. The summed E-state index contributed by atoms with van der Waals surface area (Å²) in [5.41, 5.74) is 2.55. The summed E-state index contributed by atoms with van der Waals surface area (Å²) in [6, 6.07) is 19.3. The van der Waals surface area contributed by atoms with Crippen LogP contribution < -0.4 is 4.74 Å². The van der Waals surface area contributed by atoms with Gasteiger partial charge in [-0.3, -0.25) is 0 Å². The smallest absolute Gasteiger partial charge is 0.134 e. The van der Waals surface area contributed by atoms with Crippen molar-refractivity contribution in [1.82, 2.24) is 0 Å². The summed E-state index contributed by atoms with van der Waals surface area (Å²) in [7, 11) is 0. The molecule has 1 aliphatic heterocycles. The van der Waals surface area contributed by atoms with Crippen LogP contribution in [0, 0.1) is 0 Å². The topological polar surface area (TPSA) is 9.23 Å². The number of hydrogen-bond donors (Lipinski definition) is 0. The number of hydrogen-bond acceptors (Lipinski definition) is 1. The van der Waals surface area contributed by atoms with E-state index >= 15 is 0 Å². The molecule has 0 saturated carbocycles. The summed E-state index contributed by atoms with van der Waals surface area (Å²) < 4.78 is 6.59. The number of unbranched alkanes of at least 4 members (excludes halogenated alkanes) is 3. The van der Waals surface area contributed by atoms with Crippen molar-refractivity contribution in [2.75, 3.05) is 0 Å². The molecule has 2 aromatic rings. The Bertz CT molecular complexity index is 590. The minimum Gasteiger partial charge on any atom is -0.482 e. The summed E-state index contributed by atoms with van der Waals surface area (Å²) in [6.07, 6.45) is 8.45. The van der Waals surface area contributed by atoms with E-state index in [4.69, 9.17) is 4.74 Å². The minimum absolute atomic E-state index is 0.136. The molecule has 22 heavy (non-hydrogen) atoms. The Kier molecular flexibility index (Phi) is 4.82. The molecule has 3 rings (SSSR count). The molecule has 0 bridgehead atoms. The van der Waals surface area contributed by atoms with Crippen LogP contribution in [0.15, 0.2) is 54.6 Å². The van der Waals surface area contributed by atoms with Crippen molar-refractivity contribution in [2.45, 2.75) is 57.5 Å². The molecule has 0 aromatic heterocycles. The normalized spacial score (nSPS) is 20.2. The van der Waals surface area contributed by atoms with Crippen molar-refractivity contribution < 1.29 is 4.74 Å². The average Bonchev–Trinajstić information content (AvgIpc) is 2.59. The van der Waals surface area contributed by atoms with Crippen LogP contribution in [0.25, 0.3) is 0 Å². The molecule has 2 aromatic carbocycles. The lowest BCUT2D eigenvalue weighted by atomic mass is 9.81. The van der Waals surface area contributed by atoms with Crippen LogP contribution >= 0.6 is 0 Å². The van der Waals surface area contributed by atoms with Gasteiger partial charge in [-0.15, -0.1) is 0 Å². The van der Waals surface area contributed by atoms with E-state index in [1.165, 1.54) is 36.8 Å². The quantitative estimate of drug-likeness (QED) is 0.605. The summed E-state index contributed by atoms with van der Waals surface area (Å²) in [5, 5.41) is 0. The number of ether oxygens (including phenoxy) is 1. The fraction of sp³-hybridized carbons (Fsp3) is 0.429. The van der Waals surface area contributed by atoms with E-state index in [-0.39, 0.29) is 5.60 Å². The second-order valence-corrected chi connectivity index (χ2v) is 6.38. The molecule has 0 N–H and O–H groups in total. The second-order valence-electron chi connectivity index (χ2n) is 6.38. The summed E-state index contributed by atoms with van der Waals surface area (Å²) >= 11 is 0. The maximum Gasteiger partial charge on any atom is 0.134 e. The van der Waals surface area contributed by atoms with Crippen molar-refractivity contribution in [1.29, 1.82) is 0 Å². The number of benzene rings is 2. The zero-order valence-corrected chi connectivity index (χ0v) is 13.6. The predicted octanol–water partition coefficient (Wildman–Crippen LogP) is 5.88. The summed E-state index contributed by atoms with van der Waals surface area (Å²) in [5.74, 6) is 1.08. The molecule has 0 aliphatic carbocycles. The van der Waals surface area contributed by atoms with Gasteiger partial charge in [0.1, 0.15) is 11.4 Å². The van der Waals surface area contributed by atoms with E-state index < -0.39 is 0 Å². The Morgan fingerprint density at radius 2 is 1.68 bits per heavy atom. The zero-order valence-electron chi connectivity index (χ0n) is 13.6. The first-order chi connectivity index (χ1) is 10.8. The third-order valence-corrected chi connectivity index (χ3v) is 4.81. The summed E-state index contributed by atoms with van der Waals surface area (Å²) in [4.78, 5) is 0. The van der Waals surface area contributed by atoms with Gasteiger partial charge in [0.25, 0.3) is 0 Å². The van der Waals surface area contributed by atoms with Gasteiger partial charge >= 0.3 is 0 Å². The Morgan fingerprint density at radius 1 is 0.909 bits per heavy atom. The Labute approximate surface area is 134 Å². The molecular formula is C21H26O. The van der Waals surface area contributed by atoms with E-state index in [9.17, 15) is 0 Å². The number of rotatable bonds is 6. The van der Waals surface area contributed by atoms with Crippen LogP contribution in [0.3, 0.4) is 0 Å². The van der Waals surface area contributed by atoms with Crippen molar-refractivity contribution in [3.63, 3.8) is 0 Å². The largest absolute Gasteiger partial charge is 0.482 e. The molecule has 0 amide bonds. The van der Waals surface area contributed by atoms with Gasteiger partial charge in [-0.2, -0.15) is 0 Å². The fourth-order valence-electron chi connectivity index (χ4n) is 3.51. The molecule has 0 fully saturated rings. The fourth-order valence-corrected chi connectivity index (χ4v) is 3.51. The van der Waals surface area contributed by atoms with E-state index in [2.05, 4.69) is 61.5 Å². The molecule has 1 heteroatoms. The van der Waals surface area contributed by atoms with E-state index in [1.807, 2.05) is 0 Å². The highest BCUT2D eigenvalue weighted by molar-refractivity contribution is 5.38. The lowest BCUT2D eigenvalue weighted by Gasteiger charge is -2.39. The van der Waals surface area contributed by atoms with Gasteiger partial charge in [-0.1, -0.05) is 74.7 Å². The molecule has 1 aliphatic rings. The van der Waals surface area contributed by atoms with Gasteiger partial charge in [0, 0.05) is 0 Å². The van der Waals surface area contributed by atoms with Crippen LogP contribution in [0.2, 0.25) is 0 Å². The molecule has 116 valence electrons. The van der Waals surface area contributed by atoms with Crippen molar-refractivity contribution in [2.24, 2.45) is 0 Å². The maximum atomic E-state index is 6.59. The van der Waals surface area contributed by atoms with E-state index in [1.54, 1.807) is 0 Å². The Hall–Kier alpha value is -1.76. The molecule has 1 atom stereocenters. The lowest BCUT2D eigenvalue weighted by molar-refractivity contribution is 0.0311. The summed E-state index contributed by atoms with van der Waals surface area (Å²) in [6.45, 7) is 2.26. The highest BCUT2D eigenvalue weighted by atomic mass is 16.5. The molecular weight excluding hydrogens is 268 g/mol. The predicted molar refractivity (Wildman–Crippen MR) is 92.3 cm³/mol. The SMILES string of the molecule is CCCCCCC1(c2ccccc2)CCc2ccccc2O1. The molecule has 0 radical (unpaired) electrons. The van der Waals surface area contributed by atoms with Crippen molar-refractivity contribution >= 4 is 0 Å². The van der Waals surface area contributed by atoms with Crippen LogP contribution in [-0.2, 0) is 12.0 Å². The van der Waals surface area contributed by atoms with Crippen LogP contribution in [0.5, 0.6) is 5.75 Å². The minimum atomic E-state index is -0.136. The second kappa shape index (κ2) is 7.00. The van der Waals surface area contributed by atoms with E-state index in [0.717, 1.165) is 25.0 Å². The van der Waals surface area contributed by atoms with Gasteiger partial charge in [0.15, 0.2) is 0 Å². The Morgan fingerprint density at radius 3 is 2.50 bits per heavy atom. The molecule has 1 heterocycles. The number of aryl methyl sites for hydroxylation is 1. The van der Waals surface area contributed by atoms with Crippen LogP contribution in [-0.4, -0.2) is 0 Å². The molecule has 0 saturated heterocycles. The Balaban J connectivity index is 1.85.